The van der Waals surface area contributed by atoms with Crippen LogP contribution in [0.15, 0.2) is 54.2 Å². The molecule has 0 aliphatic heterocycles. The monoisotopic (exact) mass is 353 g/mol. The molecule has 1 aliphatic rings. The van der Waals surface area contributed by atoms with E-state index in [9.17, 15) is 0 Å². The molecule has 0 saturated heterocycles. The molecule has 0 unspecified atom stereocenters. The number of rotatable bonds is 8. The molecule has 2 heterocycles. The Kier molecular flexibility index (Phi) is 4.85. The minimum absolute atomic E-state index is 0.700. The lowest BCUT2D eigenvalue weighted by molar-refractivity contribution is 0.241. The maximum atomic E-state index is 5.55. The Hall–Kier alpha value is -2.11. The van der Waals surface area contributed by atoms with Gasteiger partial charge in [-0.1, -0.05) is 12.1 Å². The van der Waals surface area contributed by atoms with Crippen LogP contribution >= 0.6 is 11.3 Å². The molecule has 0 radical (unpaired) electrons. The number of hydrogen-bond acceptors (Lipinski definition) is 4. The molecule has 1 aliphatic carbocycles. The van der Waals surface area contributed by atoms with E-state index >= 15 is 0 Å². The molecule has 2 aromatic heterocycles. The molecule has 0 atom stereocenters. The van der Waals surface area contributed by atoms with Crippen LogP contribution in [0.4, 0.5) is 0 Å². The summed E-state index contributed by atoms with van der Waals surface area (Å²) in [6.45, 7) is 4.65. The van der Waals surface area contributed by atoms with Gasteiger partial charge in [0.2, 0.25) is 0 Å². The Morgan fingerprint density at radius 2 is 2.04 bits per heavy atom. The van der Waals surface area contributed by atoms with Gasteiger partial charge in [0.25, 0.3) is 0 Å². The smallest absolute Gasteiger partial charge is 0.193 e. The van der Waals surface area contributed by atoms with E-state index in [4.69, 9.17) is 4.74 Å². The van der Waals surface area contributed by atoms with E-state index in [1.54, 1.807) is 11.3 Å². The number of benzene rings is 1. The second kappa shape index (κ2) is 7.42. The van der Waals surface area contributed by atoms with Crippen LogP contribution in [0, 0.1) is 0 Å². The first-order valence-electron chi connectivity index (χ1n) is 8.85. The topological polar surface area (TPSA) is 30.3 Å². The zero-order valence-electron chi connectivity index (χ0n) is 14.5. The third-order valence-corrected chi connectivity index (χ3v) is 5.28. The Morgan fingerprint density at radius 1 is 1.20 bits per heavy atom. The third-order valence-electron chi connectivity index (χ3n) is 4.51. The second-order valence-electron chi connectivity index (χ2n) is 6.40. The summed E-state index contributed by atoms with van der Waals surface area (Å²) in [5.74, 6) is 0.946. The molecular formula is C20H23N3OS. The Balaban J connectivity index is 1.48. The van der Waals surface area contributed by atoms with E-state index < -0.39 is 0 Å². The normalized spacial score (nSPS) is 14.2. The van der Waals surface area contributed by atoms with Crippen molar-refractivity contribution in [3.8, 4) is 10.9 Å². The summed E-state index contributed by atoms with van der Waals surface area (Å²) in [5, 5.41) is 3.06. The van der Waals surface area contributed by atoms with Crippen molar-refractivity contribution >= 4 is 11.3 Å². The molecule has 0 amide bonds. The number of aromatic nitrogens is 2. The summed E-state index contributed by atoms with van der Waals surface area (Å²) in [6, 6.07) is 13.5. The average Bonchev–Trinajstić information content (AvgIpc) is 3.14. The van der Waals surface area contributed by atoms with Gasteiger partial charge in [0.1, 0.15) is 5.75 Å². The van der Waals surface area contributed by atoms with Crippen LogP contribution in [-0.4, -0.2) is 27.1 Å². The maximum absolute atomic E-state index is 5.55. The summed E-state index contributed by atoms with van der Waals surface area (Å²) in [5.41, 5.74) is 2.63. The van der Waals surface area contributed by atoms with Crippen LogP contribution < -0.4 is 4.74 Å². The van der Waals surface area contributed by atoms with Crippen molar-refractivity contribution in [1.29, 1.82) is 0 Å². The van der Waals surface area contributed by atoms with Gasteiger partial charge >= 0.3 is 0 Å². The van der Waals surface area contributed by atoms with E-state index in [2.05, 4.69) is 57.0 Å². The van der Waals surface area contributed by atoms with E-state index in [0.29, 0.717) is 12.6 Å². The fourth-order valence-electron chi connectivity index (χ4n) is 3.12. The predicted octanol–water partition coefficient (Wildman–Crippen LogP) is 4.50. The van der Waals surface area contributed by atoms with Gasteiger partial charge < -0.3 is 4.74 Å². The lowest BCUT2D eigenvalue weighted by atomic mass is 10.2. The van der Waals surface area contributed by atoms with Crippen LogP contribution in [-0.2, 0) is 13.1 Å². The van der Waals surface area contributed by atoms with Crippen LogP contribution in [0.1, 0.15) is 31.0 Å². The Morgan fingerprint density at radius 3 is 2.72 bits per heavy atom. The van der Waals surface area contributed by atoms with Crippen LogP contribution in [0.5, 0.6) is 5.75 Å². The highest BCUT2D eigenvalue weighted by Gasteiger charge is 2.29. The summed E-state index contributed by atoms with van der Waals surface area (Å²) in [7, 11) is 0. The highest BCUT2D eigenvalue weighted by Crippen LogP contribution is 2.30. The molecule has 0 spiro atoms. The average molecular weight is 353 g/mol. The van der Waals surface area contributed by atoms with E-state index in [0.717, 1.165) is 24.0 Å². The van der Waals surface area contributed by atoms with Crippen molar-refractivity contribution in [2.24, 2.45) is 0 Å². The molecule has 25 heavy (non-hydrogen) atoms. The highest BCUT2D eigenvalue weighted by atomic mass is 32.1. The van der Waals surface area contributed by atoms with Gasteiger partial charge in [-0.2, -0.15) is 0 Å². The van der Waals surface area contributed by atoms with Crippen molar-refractivity contribution in [3.05, 3.63) is 65.4 Å². The fraction of sp³-hybridized carbons (Fsp3) is 0.350. The predicted molar refractivity (Wildman–Crippen MR) is 101 cm³/mol. The van der Waals surface area contributed by atoms with E-state index in [-0.39, 0.29) is 0 Å². The van der Waals surface area contributed by atoms with Gasteiger partial charge in [-0.3, -0.25) is 9.47 Å². The van der Waals surface area contributed by atoms with Crippen LogP contribution in [0.25, 0.3) is 5.13 Å². The summed E-state index contributed by atoms with van der Waals surface area (Å²) in [6.07, 6.45) is 6.57. The van der Waals surface area contributed by atoms with E-state index in [1.807, 2.05) is 18.5 Å². The first-order chi connectivity index (χ1) is 12.3. The summed E-state index contributed by atoms with van der Waals surface area (Å²) >= 11 is 1.68. The third kappa shape index (κ3) is 3.94. The van der Waals surface area contributed by atoms with Crippen LogP contribution in [0.2, 0.25) is 0 Å². The molecule has 4 rings (SSSR count). The minimum atomic E-state index is 0.700. The van der Waals surface area contributed by atoms with Gasteiger partial charge in [-0.05, 0) is 49.6 Å². The first kappa shape index (κ1) is 16.4. The van der Waals surface area contributed by atoms with Crippen molar-refractivity contribution in [2.45, 2.75) is 38.9 Å². The highest BCUT2D eigenvalue weighted by molar-refractivity contribution is 7.12. The lowest BCUT2D eigenvalue weighted by Gasteiger charge is -2.23. The fourth-order valence-corrected chi connectivity index (χ4v) is 3.78. The molecule has 4 nitrogen and oxygen atoms in total. The van der Waals surface area contributed by atoms with Crippen molar-refractivity contribution in [1.82, 2.24) is 14.5 Å². The van der Waals surface area contributed by atoms with Gasteiger partial charge in [0.05, 0.1) is 6.61 Å². The second-order valence-corrected chi connectivity index (χ2v) is 7.27. The quantitative estimate of drug-likeness (QED) is 0.597. The first-order valence-corrected chi connectivity index (χ1v) is 9.73. The summed E-state index contributed by atoms with van der Waals surface area (Å²) < 4.78 is 7.75. The zero-order valence-corrected chi connectivity index (χ0v) is 15.3. The molecule has 1 saturated carbocycles. The van der Waals surface area contributed by atoms with Crippen molar-refractivity contribution < 1.29 is 4.74 Å². The number of nitrogens with zero attached hydrogens (tertiary/aromatic N) is 3. The molecule has 3 aromatic rings. The zero-order chi connectivity index (χ0) is 17.1. The van der Waals surface area contributed by atoms with Crippen molar-refractivity contribution in [3.63, 3.8) is 0 Å². The van der Waals surface area contributed by atoms with Gasteiger partial charge in [0.15, 0.2) is 5.13 Å². The molecule has 1 fully saturated rings. The molecule has 0 bridgehead atoms. The number of hydrogen-bond donors (Lipinski definition) is 0. The van der Waals surface area contributed by atoms with E-state index in [1.165, 1.54) is 24.1 Å². The van der Waals surface area contributed by atoms with Gasteiger partial charge in [-0.15, -0.1) is 11.3 Å². The SMILES string of the molecule is CCOc1ccc(CN(Cc2cccn2-c2nccs2)C2CC2)cc1. The number of thiazole rings is 1. The molecule has 5 heteroatoms. The van der Waals surface area contributed by atoms with Gasteiger partial charge in [-0.25, -0.2) is 4.98 Å². The standard InChI is InChI=1S/C20H23N3OS/c1-2-24-19-9-5-16(6-10-19)14-22(17-7-8-17)15-18-4-3-12-23(18)20-21-11-13-25-20/h3-6,9-13,17H,2,7-8,14-15H2,1H3. The molecule has 130 valence electrons. The van der Waals surface area contributed by atoms with Crippen molar-refractivity contribution in [2.75, 3.05) is 6.61 Å². The molecular weight excluding hydrogens is 330 g/mol. The summed E-state index contributed by atoms with van der Waals surface area (Å²) in [4.78, 5) is 7.03. The minimum Gasteiger partial charge on any atom is -0.494 e. The van der Waals surface area contributed by atoms with Gasteiger partial charge in [0, 0.05) is 42.6 Å². The maximum Gasteiger partial charge on any atom is 0.193 e. The molecule has 1 aromatic carbocycles. The largest absolute Gasteiger partial charge is 0.494 e. The molecule has 0 N–H and O–H groups in total. The number of ether oxygens (including phenoxy) is 1. The van der Waals surface area contributed by atoms with Crippen LogP contribution in [0.3, 0.4) is 0 Å². The Bertz CT molecular complexity index is 791. The lowest BCUT2D eigenvalue weighted by Crippen LogP contribution is -2.26. The Labute approximate surface area is 152 Å².